The second-order valence-electron chi connectivity index (χ2n) is 8.18. The molecule has 0 radical (unpaired) electrons. The molecule has 1 aromatic rings. The van der Waals surface area contributed by atoms with Crippen LogP contribution in [0.4, 0.5) is 0 Å². The quantitative estimate of drug-likeness (QED) is 0.814. The Morgan fingerprint density at radius 2 is 1.82 bits per heavy atom. The third-order valence-corrected chi connectivity index (χ3v) is 6.41. The summed E-state index contributed by atoms with van der Waals surface area (Å²) in [6.45, 7) is 3.09. The van der Waals surface area contributed by atoms with Gasteiger partial charge in [-0.15, -0.1) is 0 Å². The number of hydrogen-bond acceptors (Lipinski definition) is 3. The van der Waals surface area contributed by atoms with Crippen LogP contribution >= 0.6 is 0 Å². The number of aliphatic carboxylic acids is 1. The number of piperidine rings is 1. The highest BCUT2D eigenvalue weighted by Gasteiger charge is 2.44. The zero-order valence-corrected chi connectivity index (χ0v) is 16.5. The molecule has 2 N–H and O–H groups in total. The normalized spacial score (nSPS) is 27.8. The lowest BCUT2D eigenvalue weighted by atomic mass is 9.75. The SMILES string of the molecule is CCC1CCC(NC(=O)C2CCCN(C(=O)c3ccccc3)C2)(C(=O)O)CC1. The number of carbonyl (C=O) groups excluding carboxylic acids is 2. The zero-order valence-electron chi connectivity index (χ0n) is 16.5. The summed E-state index contributed by atoms with van der Waals surface area (Å²) in [5, 5.41) is 12.7. The maximum atomic E-state index is 12.9. The van der Waals surface area contributed by atoms with Gasteiger partial charge in [0.25, 0.3) is 5.91 Å². The number of likely N-dealkylation sites (tertiary alicyclic amines) is 1. The van der Waals surface area contributed by atoms with Gasteiger partial charge in [0.1, 0.15) is 5.54 Å². The number of rotatable bonds is 5. The molecule has 0 aromatic heterocycles. The van der Waals surface area contributed by atoms with Gasteiger partial charge in [0, 0.05) is 18.7 Å². The molecule has 6 heteroatoms. The van der Waals surface area contributed by atoms with Crippen molar-refractivity contribution in [3.8, 4) is 0 Å². The van der Waals surface area contributed by atoms with E-state index in [-0.39, 0.29) is 17.7 Å². The number of carboxylic acid groups (broad SMARTS) is 1. The molecule has 1 aromatic carbocycles. The van der Waals surface area contributed by atoms with Crippen molar-refractivity contribution in [3.63, 3.8) is 0 Å². The number of nitrogens with zero attached hydrogens (tertiary/aromatic N) is 1. The minimum Gasteiger partial charge on any atom is -0.480 e. The van der Waals surface area contributed by atoms with Gasteiger partial charge in [-0.1, -0.05) is 31.5 Å². The third kappa shape index (κ3) is 4.37. The van der Waals surface area contributed by atoms with E-state index in [4.69, 9.17) is 0 Å². The van der Waals surface area contributed by atoms with E-state index in [0.29, 0.717) is 43.8 Å². The van der Waals surface area contributed by atoms with Gasteiger partial charge in [-0.05, 0) is 56.6 Å². The summed E-state index contributed by atoms with van der Waals surface area (Å²) in [6, 6.07) is 9.06. The van der Waals surface area contributed by atoms with Crippen LogP contribution in [-0.2, 0) is 9.59 Å². The van der Waals surface area contributed by atoms with Crippen molar-refractivity contribution in [3.05, 3.63) is 35.9 Å². The molecule has 1 unspecified atom stereocenters. The standard InChI is InChI=1S/C22H30N2O4/c1-2-16-10-12-22(13-11-16,21(27)28)23-19(25)18-9-6-14-24(15-18)20(26)17-7-4-3-5-8-17/h3-5,7-8,16,18H,2,6,9-15H2,1H3,(H,23,25)(H,27,28). The molecule has 2 fully saturated rings. The first-order valence-electron chi connectivity index (χ1n) is 10.3. The highest BCUT2D eigenvalue weighted by atomic mass is 16.4. The van der Waals surface area contributed by atoms with E-state index in [1.165, 1.54) is 0 Å². The van der Waals surface area contributed by atoms with Crippen molar-refractivity contribution in [2.45, 2.75) is 57.4 Å². The molecule has 1 aliphatic carbocycles. The van der Waals surface area contributed by atoms with Crippen molar-refractivity contribution in [2.24, 2.45) is 11.8 Å². The maximum absolute atomic E-state index is 12.9. The minimum absolute atomic E-state index is 0.0745. The Morgan fingerprint density at radius 1 is 1.14 bits per heavy atom. The summed E-state index contributed by atoms with van der Waals surface area (Å²) in [5.74, 6) is -1.07. The molecule has 1 atom stereocenters. The monoisotopic (exact) mass is 386 g/mol. The molecule has 28 heavy (non-hydrogen) atoms. The lowest BCUT2D eigenvalue weighted by Gasteiger charge is -2.39. The van der Waals surface area contributed by atoms with Crippen LogP contribution in [0, 0.1) is 11.8 Å². The zero-order chi connectivity index (χ0) is 20.1. The van der Waals surface area contributed by atoms with Gasteiger partial charge in [0.2, 0.25) is 5.91 Å². The summed E-state index contributed by atoms with van der Waals surface area (Å²) < 4.78 is 0. The summed E-state index contributed by atoms with van der Waals surface area (Å²) in [4.78, 5) is 39.3. The van der Waals surface area contributed by atoms with E-state index in [2.05, 4.69) is 12.2 Å². The van der Waals surface area contributed by atoms with Gasteiger partial charge < -0.3 is 15.3 Å². The Bertz CT molecular complexity index is 711. The molecule has 1 saturated carbocycles. The summed E-state index contributed by atoms with van der Waals surface area (Å²) >= 11 is 0. The minimum atomic E-state index is -1.16. The molecule has 0 spiro atoms. The molecular formula is C22H30N2O4. The Morgan fingerprint density at radius 3 is 2.43 bits per heavy atom. The van der Waals surface area contributed by atoms with Gasteiger partial charge in [-0.3, -0.25) is 9.59 Å². The second kappa shape index (κ2) is 8.76. The van der Waals surface area contributed by atoms with E-state index in [1.807, 2.05) is 18.2 Å². The number of carboxylic acids is 1. The van der Waals surface area contributed by atoms with Gasteiger partial charge in [0.15, 0.2) is 0 Å². The Hall–Kier alpha value is -2.37. The van der Waals surface area contributed by atoms with Crippen LogP contribution in [0.2, 0.25) is 0 Å². The Balaban J connectivity index is 1.65. The highest BCUT2D eigenvalue weighted by molar-refractivity contribution is 5.95. The number of hydrogen-bond donors (Lipinski definition) is 2. The van der Waals surface area contributed by atoms with Crippen molar-refractivity contribution in [1.82, 2.24) is 10.2 Å². The van der Waals surface area contributed by atoms with Crippen LogP contribution < -0.4 is 5.32 Å². The van der Waals surface area contributed by atoms with Crippen LogP contribution in [0.5, 0.6) is 0 Å². The maximum Gasteiger partial charge on any atom is 0.329 e. The second-order valence-corrected chi connectivity index (χ2v) is 8.18. The molecule has 6 nitrogen and oxygen atoms in total. The van der Waals surface area contributed by atoms with Crippen molar-refractivity contribution >= 4 is 17.8 Å². The van der Waals surface area contributed by atoms with E-state index < -0.39 is 11.5 Å². The van der Waals surface area contributed by atoms with E-state index >= 15 is 0 Å². The Kier molecular flexibility index (Phi) is 6.37. The average molecular weight is 386 g/mol. The first kappa shape index (κ1) is 20.4. The van der Waals surface area contributed by atoms with Crippen molar-refractivity contribution in [1.29, 1.82) is 0 Å². The van der Waals surface area contributed by atoms with Crippen LogP contribution in [0.3, 0.4) is 0 Å². The van der Waals surface area contributed by atoms with Crippen molar-refractivity contribution < 1.29 is 19.5 Å². The van der Waals surface area contributed by atoms with Gasteiger partial charge in [-0.25, -0.2) is 4.79 Å². The van der Waals surface area contributed by atoms with Gasteiger partial charge in [0.05, 0.1) is 5.92 Å². The smallest absolute Gasteiger partial charge is 0.329 e. The van der Waals surface area contributed by atoms with E-state index in [9.17, 15) is 19.5 Å². The molecule has 1 heterocycles. The molecule has 2 aliphatic rings. The summed E-state index contributed by atoms with van der Waals surface area (Å²) in [7, 11) is 0. The average Bonchev–Trinajstić information content (AvgIpc) is 2.74. The summed E-state index contributed by atoms with van der Waals surface area (Å²) in [5.41, 5.74) is -0.544. The lowest BCUT2D eigenvalue weighted by Crippen LogP contribution is -2.59. The van der Waals surface area contributed by atoms with Gasteiger partial charge in [-0.2, -0.15) is 0 Å². The fraction of sp³-hybridized carbons (Fsp3) is 0.591. The van der Waals surface area contributed by atoms with E-state index in [0.717, 1.165) is 25.7 Å². The largest absolute Gasteiger partial charge is 0.480 e. The van der Waals surface area contributed by atoms with E-state index in [1.54, 1.807) is 17.0 Å². The predicted octanol–water partition coefficient (Wildman–Crippen LogP) is 3.08. The number of benzene rings is 1. The molecule has 152 valence electrons. The van der Waals surface area contributed by atoms with Crippen molar-refractivity contribution in [2.75, 3.05) is 13.1 Å². The first-order chi connectivity index (χ1) is 13.4. The molecule has 2 amide bonds. The molecule has 1 aliphatic heterocycles. The molecular weight excluding hydrogens is 356 g/mol. The topological polar surface area (TPSA) is 86.7 Å². The van der Waals surface area contributed by atoms with Crippen LogP contribution in [0.1, 0.15) is 62.2 Å². The fourth-order valence-electron chi connectivity index (χ4n) is 4.45. The highest BCUT2D eigenvalue weighted by Crippen LogP contribution is 2.34. The van der Waals surface area contributed by atoms with Crippen LogP contribution in [0.25, 0.3) is 0 Å². The molecule has 3 rings (SSSR count). The number of amides is 2. The lowest BCUT2D eigenvalue weighted by molar-refractivity contribution is -0.150. The molecule has 1 saturated heterocycles. The molecule has 0 bridgehead atoms. The number of nitrogens with one attached hydrogen (secondary N) is 1. The third-order valence-electron chi connectivity index (χ3n) is 6.41. The number of carbonyl (C=O) groups is 3. The Labute approximate surface area is 166 Å². The first-order valence-corrected chi connectivity index (χ1v) is 10.3. The predicted molar refractivity (Wildman–Crippen MR) is 106 cm³/mol. The fourth-order valence-corrected chi connectivity index (χ4v) is 4.45. The van der Waals surface area contributed by atoms with Gasteiger partial charge >= 0.3 is 5.97 Å². The van der Waals surface area contributed by atoms with Crippen LogP contribution in [0.15, 0.2) is 30.3 Å². The van der Waals surface area contributed by atoms with Crippen LogP contribution in [-0.4, -0.2) is 46.4 Å². The summed E-state index contributed by atoms with van der Waals surface area (Å²) in [6.07, 6.45) is 5.08.